The highest BCUT2D eigenvalue weighted by molar-refractivity contribution is 9.10. The zero-order valence-corrected chi connectivity index (χ0v) is 12.6. The fraction of sp³-hybridized carbons (Fsp3) is 0.214. The molecule has 1 heterocycles. The third kappa shape index (κ3) is 3.33. The van der Waals surface area contributed by atoms with Crippen LogP contribution in [0.4, 0.5) is 0 Å². The van der Waals surface area contributed by atoms with Crippen LogP contribution in [0.25, 0.3) is 11.5 Å². The molecule has 1 atom stereocenters. The predicted molar refractivity (Wildman–Crippen MR) is 78.8 cm³/mol. The highest BCUT2D eigenvalue weighted by Gasteiger charge is 2.18. The zero-order valence-electron chi connectivity index (χ0n) is 11.0. The van der Waals surface area contributed by atoms with Crippen LogP contribution < -0.4 is 5.32 Å². The number of carbonyl (C=O) groups is 1. The topological polar surface area (TPSA) is 68.0 Å². The van der Waals surface area contributed by atoms with Crippen LogP contribution in [0.5, 0.6) is 0 Å². The Hall–Kier alpha value is -1.95. The fourth-order valence-corrected chi connectivity index (χ4v) is 2.09. The van der Waals surface area contributed by atoms with Gasteiger partial charge in [-0.2, -0.15) is 4.98 Å². The molecule has 0 radical (unpaired) electrons. The second-order valence-corrected chi connectivity index (χ2v) is 5.06. The van der Waals surface area contributed by atoms with Crippen LogP contribution in [0.2, 0.25) is 0 Å². The van der Waals surface area contributed by atoms with Crippen molar-refractivity contribution in [2.24, 2.45) is 0 Å². The molecule has 6 heteroatoms. The van der Waals surface area contributed by atoms with E-state index in [1.165, 1.54) is 6.08 Å². The molecule has 1 aromatic heterocycles. The van der Waals surface area contributed by atoms with Crippen LogP contribution in [0.15, 0.2) is 45.9 Å². The Labute approximate surface area is 125 Å². The summed E-state index contributed by atoms with van der Waals surface area (Å²) < 4.78 is 6.18. The first kappa shape index (κ1) is 14.5. The Morgan fingerprint density at radius 2 is 2.40 bits per heavy atom. The summed E-state index contributed by atoms with van der Waals surface area (Å²) in [5, 5.41) is 6.69. The third-order valence-electron chi connectivity index (χ3n) is 2.74. The molecule has 0 aliphatic heterocycles. The zero-order chi connectivity index (χ0) is 14.5. The van der Waals surface area contributed by atoms with E-state index in [2.05, 4.69) is 38.0 Å². The minimum absolute atomic E-state index is 0.259. The average molecular weight is 336 g/mol. The highest BCUT2D eigenvalue weighted by atomic mass is 79.9. The number of hydrogen-bond acceptors (Lipinski definition) is 4. The van der Waals surface area contributed by atoms with E-state index in [4.69, 9.17) is 4.52 Å². The minimum atomic E-state index is -0.287. The first-order valence-electron chi connectivity index (χ1n) is 6.16. The number of nitrogens with one attached hydrogen (secondary N) is 1. The maximum absolute atomic E-state index is 11.4. The molecule has 0 aliphatic carbocycles. The number of hydrogen-bond donors (Lipinski definition) is 1. The smallest absolute Gasteiger partial charge is 0.258 e. The van der Waals surface area contributed by atoms with Gasteiger partial charge in [-0.05, 0) is 30.7 Å². The van der Waals surface area contributed by atoms with Crippen LogP contribution in [0, 0.1) is 0 Å². The van der Waals surface area contributed by atoms with Crippen LogP contribution in [-0.2, 0) is 4.79 Å². The van der Waals surface area contributed by atoms with Crippen LogP contribution in [-0.4, -0.2) is 16.0 Å². The van der Waals surface area contributed by atoms with Crippen molar-refractivity contribution in [1.29, 1.82) is 0 Å². The molecule has 104 valence electrons. The molecular weight excluding hydrogens is 322 g/mol. The van der Waals surface area contributed by atoms with Crippen molar-refractivity contribution in [2.45, 2.75) is 19.4 Å². The van der Waals surface area contributed by atoms with Crippen molar-refractivity contribution in [3.05, 3.63) is 47.2 Å². The van der Waals surface area contributed by atoms with E-state index in [9.17, 15) is 4.79 Å². The number of carbonyl (C=O) groups excluding carboxylic acids is 1. The maximum atomic E-state index is 11.4. The van der Waals surface area contributed by atoms with Gasteiger partial charge in [0.25, 0.3) is 5.89 Å². The first-order chi connectivity index (χ1) is 9.63. The maximum Gasteiger partial charge on any atom is 0.258 e. The van der Waals surface area contributed by atoms with Gasteiger partial charge in [-0.25, -0.2) is 0 Å². The minimum Gasteiger partial charge on any atom is -0.342 e. The van der Waals surface area contributed by atoms with Gasteiger partial charge >= 0.3 is 0 Å². The quantitative estimate of drug-likeness (QED) is 0.851. The molecule has 0 saturated heterocycles. The van der Waals surface area contributed by atoms with Gasteiger partial charge in [0, 0.05) is 10.0 Å². The van der Waals surface area contributed by atoms with E-state index < -0.39 is 0 Å². The Morgan fingerprint density at radius 1 is 1.60 bits per heavy atom. The SMILES string of the molecule is C=CC(=O)N[C@@H](CC)c1noc(-c2cccc(Br)c2)n1. The van der Waals surface area contributed by atoms with Gasteiger partial charge in [0.15, 0.2) is 5.82 Å². The molecule has 0 fully saturated rings. The van der Waals surface area contributed by atoms with Crippen molar-refractivity contribution in [3.63, 3.8) is 0 Å². The summed E-state index contributed by atoms with van der Waals surface area (Å²) >= 11 is 3.39. The van der Waals surface area contributed by atoms with E-state index in [0.29, 0.717) is 18.1 Å². The van der Waals surface area contributed by atoms with E-state index in [-0.39, 0.29) is 11.9 Å². The van der Waals surface area contributed by atoms with Gasteiger partial charge in [0.05, 0.1) is 6.04 Å². The molecule has 0 aliphatic rings. The average Bonchev–Trinajstić information content (AvgIpc) is 2.94. The second kappa shape index (κ2) is 6.47. The number of rotatable bonds is 5. The number of nitrogens with zero attached hydrogens (tertiary/aromatic N) is 2. The van der Waals surface area contributed by atoms with Gasteiger partial charge in [-0.3, -0.25) is 4.79 Å². The molecule has 0 bridgehead atoms. The lowest BCUT2D eigenvalue weighted by atomic mass is 10.2. The Morgan fingerprint density at radius 3 is 3.05 bits per heavy atom. The van der Waals surface area contributed by atoms with Crippen LogP contribution in [0.3, 0.4) is 0 Å². The largest absolute Gasteiger partial charge is 0.342 e. The van der Waals surface area contributed by atoms with E-state index >= 15 is 0 Å². The van der Waals surface area contributed by atoms with Crippen molar-refractivity contribution in [1.82, 2.24) is 15.5 Å². The normalized spacial score (nSPS) is 11.9. The van der Waals surface area contributed by atoms with Crippen molar-refractivity contribution in [2.75, 3.05) is 0 Å². The second-order valence-electron chi connectivity index (χ2n) is 4.14. The molecule has 1 N–H and O–H groups in total. The molecule has 1 aromatic carbocycles. The van der Waals surface area contributed by atoms with E-state index in [0.717, 1.165) is 10.0 Å². The van der Waals surface area contributed by atoms with Gasteiger partial charge in [0.1, 0.15) is 0 Å². The summed E-state index contributed by atoms with van der Waals surface area (Å²) in [6, 6.07) is 7.29. The predicted octanol–water partition coefficient (Wildman–Crippen LogP) is 3.25. The van der Waals surface area contributed by atoms with Crippen molar-refractivity contribution >= 4 is 21.8 Å². The lowest BCUT2D eigenvalue weighted by Gasteiger charge is -2.10. The molecule has 0 saturated carbocycles. The number of halogens is 1. The number of benzene rings is 1. The summed E-state index contributed by atoms with van der Waals surface area (Å²) in [7, 11) is 0. The van der Waals surface area contributed by atoms with Crippen LogP contribution in [0.1, 0.15) is 25.2 Å². The van der Waals surface area contributed by atoms with Crippen LogP contribution >= 0.6 is 15.9 Å². The highest BCUT2D eigenvalue weighted by Crippen LogP contribution is 2.23. The molecule has 20 heavy (non-hydrogen) atoms. The van der Waals surface area contributed by atoms with Crippen molar-refractivity contribution in [3.8, 4) is 11.5 Å². The molecular formula is C14H14BrN3O2. The molecule has 2 aromatic rings. The fourth-order valence-electron chi connectivity index (χ4n) is 1.69. The summed E-state index contributed by atoms with van der Waals surface area (Å²) in [4.78, 5) is 15.7. The summed E-state index contributed by atoms with van der Waals surface area (Å²) in [5.74, 6) is 0.621. The third-order valence-corrected chi connectivity index (χ3v) is 3.23. The molecule has 0 spiro atoms. The lowest BCUT2D eigenvalue weighted by Crippen LogP contribution is -2.27. The summed E-state index contributed by atoms with van der Waals surface area (Å²) in [6.07, 6.45) is 1.88. The summed E-state index contributed by atoms with van der Waals surface area (Å²) in [5.41, 5.74) is 0.822. The standard InChI is InChI=1S/C14H14BrN3O2/c1-3-11(16-12(19)4-2)13-17-14(20-18-13)9-6-5-7-10(15)8-9/h4-8,11H,2-3H2,1H3,(H,16,19)/t11-/m0/s1. The Bertz CT molecular complexity index is 624. The number of aromatic nitrogens is 2. The van der Waals surface area contributed by atoms with Gasteiger partial charge < -0.3 is 9.84 Å². The molecule has 5 nitrogen and oxygen atoms in total. The molecule has 1 amide bonds. The van der Waals surface area contributed by atoms with Gasteiger partial charge in [-0.15, -0.1) is 0 Å². The Balaban J connectivity index is 2.23. The summed E-state index contributed by atoms with van der Waals surface area (Å²) in [6.45, 7) is 5.36. The Kier molecular flexibility index (Phi) is 4.68. The molecule has 0 unspecified atom stereocenters. The first-order valence-corrected chi connectivity index (χ1v) is 6.95. The monoisotopic (exact) mass is 335 g/mol. The van der Waals surface area contributed by atoms with Gasteiger partial charge in [0.2, 0.25) is 5.91 Å². The van der Waals surface area contributed by atoms with Gasteiger partial charge in [-0.1, -0.05) is 40.7 Å². The number of amides is 1. The lowest BCUT2D eigenvalue weighted by molar-refractivity contribution is -0.117. The van der Waals surface area contributed by atoms with E-state index in [1.807, 2.05) is 31.2 Å². The van der Waals surface area contributed by atoms with Crippen molar-refractivity contribution < 1.29 is 9.32 Å². The van der Waals surface area contributed by atoms with E-state index in [1.54, 1.807) is 0 Å². The molecule has 2 rings (SSSR count).